The van der Waals surface area contributed by atoms with E-state index in [1.165, 1.54) is 24.3 Å². The standard InChI is InChI=1S/C17H17FN2O3/c1-23-15-4-2-3-13(9-15)11-17(22)20-19-16(21)10-12-5-7-14(18)8-6-12/h2-9H,10-11H2,1H3,(H,19,21)(H,20,22). The van der Waals surface area contributed by atoms with Crippen molar-refractivity contribution in [2.75, 3.05) is 7.11 Å². The molecular formula is C17H17FN2O3. The first-order valence-corrected chi connectivity index (χ1v) is 7.02. The first kappa shape index (κ1) is 16.5. The number of carbonyl (C=O) groups is 2. The van der Waals surface area contributed by atoms with Crippen molar-refractivity contribution in [3.05, 3.63) is 65.5 Å². The van der Waals surface area contributed by atoms with Crippen molar-refractivity contribution in [2.24, 2.45) is 0 Å². The summed E-state index contributed by atoms with van der Waals surface area (Å²) in [7, 11) is 1.55. The number of ether oxygens (including phenoxy) is 1. The van der Waals surface area contributed by atoms with Crippen LogP contribution in [0.15, 0.2) is 48.5 Å². The highest BCUT2D eigenvalue weighted by Crippen LogP contribution is 2.12. The Kier molecular flexibility index (Phi) is 5.68. The highest BCUT2D eigenvalue weighted by Gasteiger charge is 2.07. The largest absolute Gasteiger partial charge is 0.497 e. The van der Waals surface area contributed by atoms with Crippen LogP contribution in [0.3, 0.4) is 0 Å². The number of carbonyl (C=O) groups excluding carboxylic acids is 2. The Hall–Kier alpha value is -2.89. The predicted octanol–water partition coefficient (Wildman–Crippen LogP) is 1.77. The fraction of sp³-hybridized carbons (Fsp3) is 0.176. The van der Waals surface area contributed by atoms with E-state index >= 15 is 0 Å². The lowest BCUT2D eigenvalue weighted by molar-refractivity contribution is -0.128. The van der Waals surface area contributed by atoms with E-state index in [9.17, 15) is 14.0 Å². The number of nitrogens with one attached hydrogen (secondary N) is 2. The molecular weight excluding hydrogens is 299 g/mol. The number of amides is 2. The molecule has 0 heterocycles. The van der Waals surface area contributed by atoms with Crippen LogP contribution in [0, 0.1) is 5.82 Å². The van der Waals surface area contributed by atoms with Gasteiger partial charge in [-0.1, -0.05) is 24.3 Å². The van der Waals surface area contributed by atoms with Crippen molar-refractivity contribution in [1.82, 2.24) is 10.9 Å². The summed E-state index contributed by atoms with van der Waals surface area (Å²) in [5.74, 6) is -0.419. The van der Waals surface area contributed by atoms with Gasteiger partial charge in [0, 0.05) is 0 Å². The third kappa shape index (κ3) is 5.43. The van der Waals surface area contributed by atoms with Gasteiger partial charge in [-0.2, -0.15) is 0 Å². The molecule has 0 aliphatic rings. The van der Waals surface area contributed by atoms with Crippen molar-refractivity contribution in [3.8, 4) is 5.75 Å². The molecule has 2 rings (SSSR count). The van der Waals surface area contributed by atoms with Gasteiger partial charge < -0.3 is 4.74 Å². The molecule has 2 amide bonds. The first-order chi connectivity index (χ1) is 11.1. The van der Waals surface area contributed by atoms with E-state index in [0.29, 0.717) is 11.3 Å². The van der Waals surface area contributed by atoms with Gasteiger partial charge in [0.15, 0.2) is 0 Å². The van der Waals surface area contributed by atoms with E-state index in [1.807, 2.05) is 0 Å². The predicted molar refractivity (Wildman–Crippen MR) is 83.1 cm³/mol. The molecule has 0 unspecified atom stereocenters. The highest BCUT2D eigenvalue weighted by atomic mass is 19.1. The first-order valence-electron chi connectivity index (χ1n) is 7.02. The van der Waals surface area contributed by atoms with Crippen molar-refractivity contribution in [3.63, 3.8) is 0 Å². The highest BCUT2D eigenvalue weighted by molar-refractivity contribution is 5.84. The van der Waals surface area contributed by atoms with Crippen LogP contribution in [0.25, 0.3) is 0 Å². The fourth-order valence-corrected chi connectivity index (χ4v) is 1.98. The third-order valence-electron chi connectivity index (χ3n) is 3.12. The molecule has 0 radical (unpaired) electrons. The Morgan fingerprint density at radius 3 is 2.17 bits per heavy atom. The molecule has 2 aromatic rings. The molecule has 0 spiro atoms. The maximum atomic E-state index is 12.8. The van der Waals surface area contributed by atoms with E-state index < -0.39 is 0 Å². The SMILES string of the molecule is COc1cccc(CC(=O)NNC(=O)Cc2ccc(F)cc2)c1. The second-order valence-electron chi connectivity index (χ2n) is 4.93. The average molecular weight is 316 g/mol. The van der Waals surface area contributed by atoms with Gasteiger partial charge in [0.1, 0.15) is 11.6 Å². The number of hydrazine groups is 1. The lowest BCUT2D eigenvalue weighted by Crippen LogP contribution is -2.43. The molecule has 0 fully saturated rings. The molecule has 0 aromatic heterocycles. The fourth-order valence-electron chi connectivity index (χ4n) is 1.98. The molecule has 6 heteroatoms. The summed E-state index contributed by atoms with van der Waals surface area (Å²) < 4.78 is 17.9. The molecule has 120 valence electrons. The lowest BCUT2D eigenvalue weighted by Gasteiger charge is -2.08. The quantitative estimate of drug-likeness (QED) is 0.826. The Labute approximate surface area is 133 Å². The Bertz CT molecular complexity index is 686. The Morgan fingerprint density at radius 1 is 0.957 bits per heavy atom. The van der Waals surface area contributed by atoms with Crippen molar-refractivity contribution >= 4 is 11.8 Å². The second-order valence-corrected chi connectivity index (χ2v) is 4.93. The molecule has 0 aliphatic heterocycles. The van der Waals surface area contributed by atoms with Gasteiger partial charge in [-0.15, -0.1) is 0 Å². The lowest BCUT2D eigenvalue weighted by atomic mass is 10.1. The van der Waals surface area contributed by atoms with Gasteiger partial charge in [-0.3, -0.25) is 20.4 Å². The third-order valence-corrected chi connectivity index (χ3v) is 3.12. The number of benzene rings is 2. The van der Waals surface area contributed by atoms with Crippen LogP contribution in [0.1, 0.15) is 11.1 Å². The molecule has 0 saturated heterocycles. The van der Waals surface area contributed by atoms with E-state index in [2.05, 4.69) is 10.9 Å². The zero-order valence-corrected chi connectivity index (χ0v) is 12.6. The molecule has 0 aliphatic carbocycles. The topological polar surface area (TPSA) is 67.4 Å². The molecule has 23 heavy (non-hydrogen) atoms. The molecule has 2 N–H and O–H groups in total. The van der Waals surface area contributed by atoms with Crippen molar-refractivity contribution in [2.45, 2.75) is 12.8 Å². The van der Waals surface area contributed by atoms with Crippen LogP contribution in [0.2, 0.25) is 0 Å². The maximum Gasteiger partial charge on any atom is 0.242 e. The van der Waals surface area contributed by atoms with Crippen molar-refractivity contribution in [1.29, 1.82) is 0 Å². The Balaban J connectivity index is 1.79. The monoisotopic (exact) mass is 316 g/mol. The number of rotatable bonds is 5. The summed E-state index contributed by atoms with van der Waals surface area (Å²) in [4.78, 5) is 23.5. The molecule has 0 atom stereocenters. The van der Waals surface area contributed by atoms with Gasteiger partial charge in [0.25, 0.3) is 0 Å². The summed E-state index contributed by atoms with van der Waals surface area (Å²) in [6, 6.07) is 12.7. The van der Waals surface area contributed by atoms with Gasteiger partial charge >= 0.3 is 0 Å². The molecule has 0 bridgehead atoms. The van der Waals surface area contributed by atoms with Crippen LogP contribution in [0.4, 0.5) is 4.39 Å². The zero-order valence-electron chi connectivity index (χ0n) is 12.6. The number of halogens is 1. The number of hydrogen-bond donors (Lipinski definition) is 2. The number of methoxy groups -OCH3 is 1. The van der Waals surface area contributed by atoms with Crippen LogP contribution in [0.5, 0.6) is 5.75 Å². The van der Waals surface area contributed by atoms with Crippen LogP contribution >= 0.6 is 0 Å². The van der Waals surface area contributed by atoms with Gasteiger partial charge in [0.05, 0.1) is 20.0 Å². The normalized spacial score (nSPS) is 10.0. The van der Waals surface area contributed by atoms with Gasteiger partial charge in [-0.25, -0.2) is 4.39 Å². The maximum absolute atomic E-state index is 12.8. The summed E-state index contributed by atoms with van der Waals surface area (Å²) in [6.45, 7) is 0. The molecule has 2 aromatic carbocycles. The van der Waals surface area contributed by atoms with E-state index in [1.54, 1.807) is 31.4 Å². The number of hydrogen-bond acceptors (Lipinski definition) is 3. The zero-order chi connectivity index (χ0) is 16.7. The van der Waals surface area contributed by atoms with Gasteiger partial charge in [-0.05, 0) is 35.4 Å². The van der Waals surface area contributed by atoms with Gasteiger partial charge in [0.2, 0.25) is 11.8 Å². The summed E-state index contributed by atoms with van der Waals surface area (Å²) in [5, 5.41) is 0. The van der Waals surface area contributed by atoms with Crippen LogP contribution < -0.4 is 15.6 Å². The van der Waals surface area contributed by atoms with Crippen LogP contribution in [-0.4, -0.2) is 18.9 Å². The summed E-state index contributed by atoms with van der Waals surface area (Å²) in [6.07, 6.45) is 0.174. The molecule has 0 saturated carbocycles. The van der Waals surface area contributed by atoms with E-state index in [-0.39, 0.29) is 30.5 Å². The van der Waals surface area contributed by atoms with Crippen LogP contribution in [-0.2, 0) is 22.4 Å². The Morgan fingerprint density at radius 2 is 1.57 bits per heavy atom. The summed E-state index contributed by atoms with van der Waals surface area (Å²) >= 11 is 0. The average Bonchev–Trinajstić information content (AvgIpc) is 2.55. The minimum absolute atomic E-state index is 0.0553. The molecule has 5 nitrogen and oxygen atoms in total. The van der Waals surface area contributed by atoms with E-state index in [0.717, 1.165) is 5.56 Å². The van der Waals surface area contributed by atoms with E-state index in [4.69, 9.17) is 4.74 Å². The smallest absolute Gasteiger partial charge is 0.242 e. The van der Waals surface area contributed by atoms with Crippen molar-refractivity contribution < 1.29 is 18.7 Å². The second kappa shape index (κ2) is 7.93. The minimum atomic E-state index is -0.379. The summed E-state index contributed by atoms with van der Waals surface area (Å²) in [5.41, 5.74) is 6.11. The minimum Gasteiger partial charge on any atom is -0.497 e.